The normalized spacial score (nSPS) is 12.2. The molecule has 124 valence electrons. The average molecular weight is 351 g/mol. The summed E-state index contributed by atoms with van der Waals surface area (Å²) in [6, 6.07) is 12.5. The summed E-state index contributed by atoms with van der Waals surface area (Å²) in [5.74, 6) is 0.0755. The van der Waals surface area contributed by atoms with E-state index in [9.17, 15) is 4.79 Å². The summed E-state index contributed by atoms with van der Waals surface area (Å²) in [5, 5.41) is 3.29. The molecule has 2 rings (SSSR count). The van der Waals surface area contributed by atoms with E-state index in [4.69, 9.17) is 11.6 Å². The fraction of sp³-hybridized carbons (Fsp3) is 0.389. The second-order valence-electron chi connectivity index (χ2n) is 5.65. The van der Waals surface area contributed by atoms with Crippen molar-refractivity contribution in [3.63, 3.8) is 0 Å². The van der Waals surface area contributed by atoms with Crippen LogP contribution in [0.5, 0.6) is 0 Å². The van der Waals surface area contributed by atoms with Gasteiger partial charge in [-0.05, 0) is 36.6 Å². The van der Waals surface area contributed by atoms with Crippen LogP contribution in [0.3, 0.4) is 0 Å². The molecule has 0 saturated carbocycles. The van der Waals surface area contributed by atoms with Gasteiger partial charge < -0.3 is 10.2 Å². The fourth-order valence-corrected chi connectivity index (χ4v) is 3.44. The highest BCUT2D eigenvalue weighted by Crippen LogP contribution is 2.22. The van der Waals surface area contributed by atoms with E-state index < -0.39 is 0 Å². The Morgan fingerprint density at radius 3 is 2.52 bits per heavy atom. The van der Waals surface area contributed by atoms with Gasteiger partial charge in [-0.2, -0.15) is 0 Å². The molecule has 0 fully saturated rings. The largest absolute Gasteiger partial charge is 0.340 e. The van der Waals surface area contributed by atoms with Gasteiger partial charge in [0.25, 0.3) is 0 Å². The second kappa shape index (κ2) is 8.48. The Balaban J connectivity index is 1.82. The molecule has 0 spiro atoms. The molecule has 1 heterocycles. The molecule has 1 atom stereocenters. The van der Waals surface area contributed by atoms with Gasteiger partial charge in [-0.25, -0.2) is 0 Å². The summed E-state index contributed by atoms with van der Waals surface area (Å²) in [6.45, 7) is 5.14. The zero-order chi connectivity index (χ0) is 16.8. The molecule has 0 saturated heterocycles. The SMILES string of the molecule is CCc1ccc(C(C)NCC(=O)N(C)Cc2ccc(Cl)s2)cc1. The Labute approximate surface area is 147 Å². The summed E-state index contributed by atoms with van der Waals surface area (Å²) in [5.41, 5.74) is 2.52. The summed E-state index contributed by atoms with van der Waals surface area (Å²) < 4.78 is 0.753. The van der Waals surface area contributed by atoms with Gasteiger partial charge in [-0.1, -0.05) is 42.8 Å². The molecule has 5 heteroatoms. The molecule has 0 aliphatic heterocycles. The lowest BCUT2D eigenvalue weighted by atomic mass is 10.1. The first-order chi connectivity index (χ1) is 11.0. The first-order valence-electron chi connectivity index (χ1n) is 7.80. The highest BCUT2D eigenvalue weighted by Gasteiger charge is 2.12. The van der Waals surface area contributed by atoms with Crippen molar-refractivity contribution in [1.82, 2.24) is 10.2 Å². The molecule has 1 N–H and O–H groups in total. The zero-order valence-electron chi connectivity index (χ0n) is 13.8. The summed E-state index contributed by atoms with van der Waals surface area (Å²) in [7, 11) is 1.82. The van der Waals surface area contributed by atoms with E-state index in [0.29, 0.717) is 13.1 Å². The van der Waals surface area contributed by atoms with Crippen LogP contribution in [0.4, 0.5) is 0 Å². The molecule has 1 amide bonds. The van der Waals surface area contributed by atoms with Crippen molar-refractivity contribution in [3.05, 3.63) is 56.7 Å². The molecule has 0 bridgehead atoms. The van der Waals surface area contributed by atoms with Crippen LogP contribution < -0.4 is 5.32 Å². The second-order valence-corrected chi connectivity index (χ2v) is 7.45. The number of nitrogens with zero attached hydrogens (tertiary/aromatic N) is 1. The Morgan fingerprint density at radius 1 is 1.26 bits per heavy atom. The summed E-state index contributed by atoms with van der Waals surface area (Å²) in [6.07, 6.45) is 1.04. The monoisotopic (exact) mass is 350 g/mol. The molecule has 0 aliphatic carbocycles. The van der Waals surface area contributed by atoms with Gasteiger partial charge in [0.05, 0.1) is 17.4 Å². The predicted molar refractivity (Wildman–Crippen MR) is 98.0 cm³/mol. The molecular formula is C18H23ClN2OS. The molecule has 2 aromatic rings. The van der Waals surface area contributed by atoms with Gasteiger partial charge >= 0.3 is 0 Å². The quantitative estimate of drug-likeness (QED) is 0.808. The molecule has 3 nitrogen and oxygen atoms in total. The van der Waals surface area contributed by atoms with Crippen LogP contribution in [0.25, 0.3) is 0 Å². The Morgan fingerprint density at radius 2 is 1.96 bits per heavy atom. The van der Waals surface area contributed by atoms with Gasteiger partial charge in [0.15, 0.2) is 0 Å². The van der Waals surface area contributed by atoms with Crippen LogP contribution in [0.1, 0.15) is 35.9 Å². The van der Waals surface area contributed by atoms with E-state index in [2.05, 4.69) is 43.4 Å². The first kappa shape index (κ1) is 18.0. The van der Waals surface area contributed by atoms with Crippen LogP contribution in [0.2, 0.25) is 4.34 Å². The maximum atomic E-state index is 12.2. The third-order valence-corrected chi connectivity index (χ3v) is 5.11. The van der Waals surface area contributed by atoms with Crippen LogP contribution in [0.15, 0.2) is 36.4 Å². The lowest BCUT2D eigenvalue weighted by molar-refractivity contribution is -0.129. The molecule has 1 aromatic heterocycles. The van der Waals surface area contributed by atoms with Crippen molar-refractivity contribution < 1.29 is 4.79 Å². The number of benzene rings is 1. The number of carbonyl (C=O) groups excluding carboxylic acids is 1. The number of thiophene rings is 1. The van der Waals surface area contributed by atoms with Crippen molar-refractivity contribution in [2.45, 2.75) is 32.9 Å². The van der Waals surface area contributed by atoms with Crippen LogP contribution in [-0.2, 0) is 17.8 Å². The lowest BCUT2D eigenvalue weighted by Crippen LogP contribution is -2.36. The van der Waals surface area contributed by atoms with Crippen molar-refractivity contribution >= 4 is 28.8 Å². The van der Waals surface area contributed by atoms with Gasteiger partial charge in [0, 0.05) is 18.0 Å². The number of hydrogen-bond acceptors (Lipinski definition) is 3. The standard InChI is InChI=1S/C18H23ClN2OS/c1-4-14-5-7-15(8-6-14)13(2)20-11-18(22)21(3)12-16-9-10-17(19)23-16/h5-10,13,20H,4,11-12H2,1-3H3. The summed E-state index contributed by atoms with van der Waals surface area (Å²) >= 11 is 7.43. The molecule has 0 aliphatic rings. The van der Waals surface area contributed by atoms with E-state index in [0.717, 1.165) is 15.6 Å². The van der Waals surface area contributed by atoms with Crippen LogP contribution in [-0.4, -0.2) is 24.4 Å². The summed E-state index contributed by atoms with van der Waals surface area (Å²) in [4.78, 5) is 15.0. The highest BCUT2D eigenvalue weighted by molar-refractivity contribution is 7.16. The van der Waals surface area contributed by atoms with Crippen molar-refractivity contribution in [3.8, 4) is 0 Å². The number of amides is 1. The minimum Gasteiger partial charge on any atom is -0.340 e. The topological polar surface area (TPSA) is 32.3 Å². The van der Waals surface area contributed by atoms with Gasteiger partial charge in [-0.15, -0.1) is 11.3 Å². The molecule has 23 heavy (non-hydrogen) atoms. The Hall–Kier alpha value is -1.36. The zero-order valence-corrected chi connectivity index (χ0v) is 15.4. The number of hydrogen-bond donors (Lipinski definition) is 1. The first-order valence-corrected chi connectivity index (χ1v) is 8.99. The Kier molecular flexibility index (Phi) is 6.63. The van der Waals surface area contributed by atoms with Crippen molar-refractivity contribution in [2.75, 3.05) is 13.6 Å². The van der Waals surface area contributed by atoms with Crippen molar-refractivity contribution in [1.29, 1.82) is 0 Å². The third kappa shape index (κ3) is 5.34. The van der Waals surface area contributed by atoms with Crippen LogP contribution >= 0.6 is 22.9 Å². The number of carbonyl (C=O) groups is 1. The van der Waals surface area contributed by atoms with Crippen LogP contribution in [0, 0.1) is 0 Å². The number of likely N-dealkylation sites (N-methyl/N-ethyl adjacent to an activating group) is 1. The number of halogens is 1. The van der Waals surface area contributed by atoms with E-state index in [1.54, 1.807) is 4.90 Å². The van der Waals surface area contributed by atoms with E-state index in [1.165, 1.54) is 22.5 Å². The van der Waals surface area contributed by atoms with Crippen molar-refractivity contribution in [2.24, 2.45) is 0 Å². The predicted octanol–water partition coefficient (Wildman–Crippen LogP) is 4.27. The molecule has 1 aromatic carbocycles. The smallest absolute Gasteiger partial charge is 0.236 e. The molecular weight excluding hydrogens is 328 g/mol. The lowest BCUT2D eigenvalue weighted by Gasteiger charge is -2.19. The van der Waals surface area contributed by atoms with Gasteiger partial charge in [-0.3, -0.25) is 4.79 Å². The van der Waals surface area contributed by atoms with E-state index in [-0.39, 0.29) is 11.9 Å². The maximum absolute atomic E-state index is 12.2. The minimum absolute atomic E-state index is 0.0755. The molecule has 1 unspecified atom stereocenters. The highest BCUT2D eigenvalue weighted by atomic mass is 35.5. The van der Waals surface area contributed by atoms with Gasteiger partial charge in [0.1, 0.15) is 0 Å². The maximum Gasteiger partial charge on any atom is 0.236 e. The fourth-order valence-electron chi connectivity index (χ4n) is 2.29. The number of nitrogens with one attached hydrogen (secondary N) is 1. The number of aryl methyl sites for hydroxylation is 1. The third-order valence-electron chi connectivity index (χ3n) is 3.90. The average Bonchev–Trinajstić information content (AvgIpc) is 2.97. The molecule has 0 radical (unpaired) electrons. The van der Waals surface area contributed by atoms with E-state index in [1.807, 2.05) is 19.2 Å². The van der Waals surface area contributed by atoms with Gasteiger partial charge in [0.2, 0.25) is 5.91 Å². The van der Waals surface area contributed by atoms with E-state index >= 15 is 0 Å². The minimum atomic E-state index is 0.0755. The Bertz CT molecular complexity index is 639. The number of rotatable bonds is 7.